The highest BCUT2D eigenvalue weighted by atomic mass is 19.4. The molecule has 2 heterocycles. The second-order valence-corrected chi connectivity index (χ2v) is 7.72. The number of ketones is 2. The van der Waals surface area contributed by atoms with Crippen LogP contribution < -0.4 is 14.8 Å². The molecule has 15 heteroatoms. The predicted molar refractivity (Wildman–Crippen MR) is 120 cm³/mol. The number of aromatic nitrogens is 1. The smallest absolute Gasteiger partial charge is 0.458 e. The lowest BCUT2D eigenvalue weighted by molar-refractivity contribution is -0.193. The maximum absolute atomic E-state index is 11.2. The van der Waals surface area contributed by atoms with Crippen LogP contribution in [0.5, 0.6) is 11.5 Å². The van der Waals surface area contributed by atoms with Crippen molar-refractivity contribution in [3.8, 4) is 11.5 Å². The molecule has 0 saturated carbocycles. The highest BCUT2D eigenvalue weighted by Gasteiger charge is 2.54. The first-order valence-electron chi connectivity index (χ1n) is 11.0. The van der Waals surface area contributed by atoms with E-state index in [2.05, 4.69) is 10.3 Å². The van der Waals surface area contributed by atoms with Gasteiger partial charge in [-0.25, -0.2) is 4.98 Å². The van der Waals surface area contributed by atoms with E-state index in [0.717, 1.165) is 35.8 Å². The molecule has 1 aromatic carbocycles. The molecule has 1 aliphatic heterocycles. The number of carbonyl (C=O) groups is 3. The molecule has 0 aliphatic carbocycles. The third kappa shape index (κ3) is 10.2. The van der Waals surface area contributed by atoms with Gasteiger partial charge in [-0.15, -0.1) is 0 Å². The Kier molecular flexibility index (Phi) is 10.9. The van der Waals surface area contributed by atoms with E-state index in [0.29, 0.717) is 26.3 Å². The lowest BCUT2D eigenvalue weighted by Gasteiger charge is -2.16. The van der Waals surface area contributed by atoms with Gasteiger partial charge in [0.2, 0.25) is 0 Å². The highest BCUT2D eigenvalue weighted by Crippen LogP contribution is 2.28. The number of carboxylic acid groups (broad SMARTS) is 1. The highest BCUT2D eigenvalue weighted by molar-refractivity contribution is 6.41. The zero-order valence-electron chi connectivity index (χ0n) is 19.6. The fourth-order valence-corrected chi connectivity index (χ4v) is 3.02. The molecular weight excluding hydrogens is 528 g/mol. The van der Waals surface area contributed by atoms with Gasteiger partial charge in [-0.05, 0) is 24.6 Å². The molecule has 0 spiro atoms. The van der Waals surface area contributed by atoms with E-state index >= 15 is 0 Å². The molecular formula is C23H23F6N3O6. The Hall–Kier alpha value is -3.88. The first-order valence-corrected chi connectivity index (χ1v) is 11.0. The number of hydrogen-bond acceptors (Lipinski definition) is 8. The molecule has 0 atom stereocenters. The predicted octanol–water partition coefficient (Wildman–Crippen LogP) is 3.49. The number of carbonyl (C=O) groups excluding carboxylic acids is 2. The van der Waals surface area contributed by atoms with Gasteiger partial charge < -0.3 is 19.9 Å². The third-order valence-corrected chi connectivity index (χ3v) is 4.74. The van der Waals surface area contributed by atoms with Crippen LogP contribution in [0.25, 0.3) is 0 Å². The summed E-state index contributed by atoms with van der Waals surface area (Å²) in [5, 5.41) is 12.2. The van der Waals surface area contributed by atoms with Gasteiger partial charge in [-0.2, -0.15) is 26.3 Å². The van der Waals surface area contributed by atoms with E-state index in [1.54, 1.807) is 6.20 Å². The van der Waals surface area contributed by atoms with Gasteiger partial charge in [0.05, 0.1) is 13.2 Å². The number of aliphatic carboxylic acids is 1. The molecule has 38 heavy (non-hydrogen) atoms. The van der Waals surface area contributed by atoms with Crippen molar-refractivity contribution in [2.45, 2.75) is 25.3 Å². The number of Topliss-reactive ketones (excluding diaryl/α,β-unsaturated/α-hetero) is 2. The van der Waals surface area contributed by atoms with E-state index in [9.17, 15) is 40.7 Å². The van der Waals surface area contributed by atoms with Crippen LogP contribution in [-0.2, 0) is 20.9 Å². The SMILES string of the molecule is O=C(C(=O)C(F)(F)F)C(F)(F)F.O=C(O)CN1CCOc2cc(OCCCNc3ccccn3)ccc2C1. The Bertz CT molecular complexity index is 1070. The number of nitrogens with one attached hydrogen (secondary N) is 1. The summed E-state index contributed by atoms with van der Waals surface area (Å²) in [6.45, 7) is 3.01. The van der Waals surface area contributed by atoms with Crippen LogP contribution in [-0.4, -0.2) is 77.7 Å². The van der Waals surface area contributed by atoms with Crippen LogP contribution in [0.4, 0.5) is 32.2 Å². The van der Waals surface area contributed by atoms with Gasteiger partial charge >= 0.3 is 29.9 Å². The number of pyridine rings is 1. The van der Waals surface area contributed by atoms with Crippen LogP contribution in [0, 0.1) is 0 Å². The maximum Gasteiger partial charge on any atom is 0.458 e. The summed E-state index contributed by atoms with van der Waals surface area (Å²) in [5.74, 6) is -5.26. The van der Waals surface area contributed by atoms with E-state index in [-0.39, 0.29) is 6.54 Å². The number of alkyl halides is 6. The van der Waals surface area contributed by atoms with Crippen molar-refractivity contribution < 1.29 is 55.3 Å². The number of ether oxygens (including phenoxy) is 2. The summed E-state index contributed by atoms with van der Waals surface area (Å²) in [7, 11) is 0. The lowest BCUT2D eigenvalue weighted by atomic mass is 10.2. The molecule has 0 bridgehead atoms. The number of fused-ring (bicyclic) bond motifs is 1. The zero-order chi connectivity index (χ0) is 28.3. The average molecular weight is 551 g/mol. The van der Waals surface area contributed by atoms with Crippen LogP contribution in [0.2, 0.25) is 0 Å². The van der Waals surface area contributed by atoms with Crippen molar-refractivity contribution in [3.05, 3.63) is 48.2 Å². The van der Waals surface area contributed by atoms with E-state index in [1.165, 1.54) is 0 Å². The van der Waals surface area contributed by atoms with Gasteiger partial charge in [-0.1, -0.05) is 12.1 Å². The molecule has 1 aromatic heterocycles. The number of benzene rings is 1. The molecule has 3 rings (SSSR count). The Morgan fingerprint density at radius 1 is 1.05 bits per heavy atom. The molecule has 0 saturated heterocycles. The topological polar surface area (TPSA) is 118 Å². The summed E-state index contributed by atoms with van der Waals surface area (Å²) < 4.78 is 78.5. The van der Waals surface area contributed by atoms with Crippen LogP contribution in [0.15, 0.2) is 42.6 Å². The molecule has 0 unspecified atom stereocenters. The second kappa shape index (κ2) is 13.6. The third-order valence-electron chi connectivity index (χ3n) is 4.74. The summed E-state index contributed by atoms with van der Waals surface area (Å²) in [4.78, 5) is 36.2. The minimum Gasteiger partial charge on any atom is -0.493 e. The largest absolute Gasteiger partial charge is 0.493 e. The van der Waals surface area contributed by atoms with Crippen molar-refractivity contribution >= 4 is 23.4 Å². The number of anilines is 1. The first kappa shape index (κ1) is 30.3. The number of nitrogens with zero attached hydrogens (tertiary/aromatic N) is 2. The summed E-state index contributed by atoms with van der Waals surface area (Å²) in [5.41, 5.74) is 0.980. The fourth-order valence-electron chi connectivity index (χ4n) is 3.02. The summed E-state index contributed by atoms with van der Waals surface area (Å²) in [6.07, 6.45) is -8.94. The Morgan fingerprint density at radius 2 is 1.74 bits per heavy atom. The fraction of sp³-hybridized carbons (Fsp3) is 0.391. The molecule has 2 aromatic rings. The monoisotopic (exact) mass is 551 g/mol. The number of carboxylic acids is 1. The van der Waals surface area contributed by atoms with Gasteiger partial charge in [0.1, 0.15) is 23.9 Å². The normalized spacial score (nSPS) is 13.6. The minimum atomic E-state index is -5.77. The molecule has 9 nitrogen and oxygen atoms in total. The average Bonchev–Trinajstić information content (AvgIpc) is 3.03. The van der Waals surface area contributed by atoms with E-state index in [4.69, 9.17) is 14.6 Å². The van der Waals surface area contributed by atoms with E-state index in [1.807, 2.05) is 41.3 Å². The minimum absolute atomic E-state index is 0.0182. The number of hydrogen-bond donors (Lipinski definition) is 2. The Morgan fingerprint density at radius 3 is 2.32 bits per heavy atom. The van der Waals surface area contributed by atoms with Crippen LogP contribution in [0.1, 0.15) is 12.0 Å². The lowest BCUT2D eigenvalue weighted by Crippen LogP contribution is -2.39. The van der Waals surface area contributed by atoms with Gasteiger partial charge in [0.25, 0.3) is 0 Å². The molecule has 0 amide bonds. The molecule has 2 N–H and O–H groups in total. The first-order chi connectivity index (χ1) is 17.8. The summed E-state index contributed by atoms with van der Waals surface area (Å²) >= 11 is 0. The maximum atomic E-state index is 11.2. The van der Waals surface area contributed by atoms with Crippen molar-refractivity contribution in [3.63, 3.8) is 0 Å². The van der Waals surface area contributed by atoms with Crippen LogP contribution in [0.3, 0.4) is 0 Å². The number of halogens is 6. The standard InChI is InChI=1S/C19H23N3O4.C4F6O2/c23-19(24)14-22-9-11-26-17-12-16(6-5-15(17)13-22)25-10-3-8-21-18-4-1-2-7-20-18;5-3(6,7)1(11)2(12)4(8,9)10/h1-2,4-7,12H,3,8-11,13-14H2,(H,20,21)(H,23,24);. The second-order valence-electron chi connectivity index (χ2n) is 7.72. The molecule has 0 radical (unpaired) electrons. The quantitative estimate of drug-likeness (QED) is 0.274. The van der Waals surface area contributed by atoms with Crippen molar-refractivity contribution in [1.29, 1.82) is 0 Å². The Labute approximate surface area is 212 Å². The van der Waals surface area contributed by atoms with Gasteiger partial charge in [0.15, 0.2) is 0 Å². The van der Waals surface area contributed by atoms with Crippen molar-refractivity contribution in [2.24, 2.45) is 0 Å². The number of rotatable bonds is 9. The van der Waals surface area contributed by atoms with Crippen molar-refractivity contribution in [2.75, 3.05) is 38.2 Å². The molecule has 1 aliphatic rings. The molecule has 208 valence electrons. The van der Waals surface area contributed by atoms with Gasteiger partial charge in [-0.3, -0.25) is 19.3 Å². The molecule has 0 fully saturated rings. The Balaban J connectivity index is 0.000000358. The van der Waals surface area contributed by atoms with Crippen LogP contribution >= 0.6 is 0 Å². The van der Waals surface area contributed by atoms with Crippen molar-refractivity contribution in [1.82, 2.24) is 9.88 Å². The van der Waals surface area contributed by atoms with Gasteiger partial charge in [0, 0.05) is 37.5 Å². The summed E-state index contributed by atoms with van der Waals surface area (Å²) in [6, 6.07) is 11.5. The zero-order valence-corrected chi connectivity index (χ0v) is 19.6. The van der Waals surface area contributed by atoms with E-state index < -0.39 is 29.9 Å².